The largest absolute Gasteiger partial charge is 1.00 e. The van der Waals surface area contributed by atoms with E-state index >= 15 is 0 Å². The van der Waals surface area contributed by atoms with E-state index in [1.54, 1.807) is 18.2 Å². The number of nitrogens with one attached hydrogen (secondary N) is 3. The zero-order valence-corrected chi connectivity index (χ0v) is 31.3. The van der Waals surface area contributed by atoms with E-state index < -0.39 is 5.97 Å². The first kappa shape index (κ1) is 42.6. The average Bonchev–Trinajstić information content (AvgIpc) is 3.83. The Bertz CT molecular complexity index is 2090. The maximum Gasteiger partial charge on any atom is 1.00 e. The number of rotatable bonds is 7. The number of carbonyl (C=O) groups excluding carboxylic acids is 2. The molecule has 2 fully saturated rings. The summed E-state index contributed by atoms with van der Waals surface area (Å²) in [6.07, 6.45) is 0. The van der Waals surface area contributed by atoms with Crippen LogP contribution in [-0.4, -0.2) is 109 Å². The Morgan fingerprint density at radius 3 is 1.55 bits per heavy atom. The second kappa shape index (κ2) is 20.5. The molecule has 2 aliphatic heterocycles. The molecule has 0 radical (unpaired) electrons. The number of amides is 1. The molecule has 1 amide bonds. The summed E-state index contributed by atoms with van der Waals surface area (Å²) >= 11 is 0. The number of hydrogen-bond acceptors (Lipinski definition) is 10. The van der Waals surface area contributed by atoms with E-state index in [0.29, 0.717) is 18.7 Å². The molecular weight excluding hydrogens is 687 g/mol. The molecule has 0 aliphatic carbocycles. The standard InChI is InChI=1S/C20H23N5O.C13H16N4O2.C7H9N.CH4.Li/c1-24-9-11-25(12-10-24)19-17-8-7-16(13-18(17)22-23-19)20(26)21-14-15-5-3-2-4-6-15;1-16-4-6-17(7-5-16)12-10-3-2-9(13(18)19)8-11(10)14-15-12;8-6-7-4-2-1-3-5-7;;/h2-8,13H,9-12,14H2,1H3,(H,21,26)(H,22,23);2-3,8H,4-7H2,1H3,(H,14,15)(H,18,19);1-5H,6,8H2;1H4;/q;;;;+1/p-1. The fourth-order valence-corrected chi connectivity index (χ4v) is 6.29. The van der Waals surface area contributed by atoms with E-state index in [1.807, 2.05) is 78.9 Å². The summed E-state index contributed by atoms with van der Waals surface area (Å²) in [7, 11) is 4.24. The molecule has 0 saturated carbocycles. The van der Waals surface area contributed by atoms with Gasteiger partial charge in [-0.3, -0.25) is 15.0 Å². The number of fused-ring (bicyclic) bond motifs is 2. The third kappa shape index (κ3) is 11.2. The van der Waals surface area contributed by atoms with E-state index in [1.165, 1.54) is 5.56 Å². The van der Waals surface area contributed by atoms with Crippen LogP contribution in [0.1, 0.15) is 39.3 Å². The van der Waals surface area contributed by atoms with Crippen molar-refractivity contribution in [3.05, 3.63) is 119 Å². The van der Waals surface area contributed by atoms with Crippen LogP contribution in [0.3, 0.4) is 0 Å². The molecule has 13 nitrogen and oxygen atoms in total. The fraction of sp³-hybridized carbons (Fsp3) is 0.317. The summed E-state index contributed by atoms with van der Waals surface area (Å²) in [6.45, 7) is 9.04. The van der Waals surface area contributed by atoms with E-state index in [9.17, 15) is 14.7 Å². The second-order valence-corrected chi connectivity index (χ2v) is 13.3. The minimum absolute atomic E-state index is 0. The van der Waals surface area contributed by atoms with Gasteiger partial charge in [-0.1, -0.05) is 74.2 Å². The van der Waals surface area contributed by atoms with E-state index in [-0.39, 0.29) is 37.8 Å². The molecule has 4 aromatic carbocycles. The summed E-state index contributed by atoms with van der Waals surface area (Å²) < 4.78 is 0. The van der Waals surface area contributed by atoms with Crippen molar-refractivity contribution in [2.45, 2.75) is 20.5 Å². The number of aromatic nitrogens is 4. The molecule has 55 heavy (non-hydrogen) atoms. The predicted octanol–water partition coefficient (Wildman–Crippen LogP) is 0.708. The first-order valence-corrected chi connectivity index (χ1v) is 17.9. The third-order valence-corrected chi connectivity index (χ3v) is 9.56. The van der Waals surface area contributed by atoms with Crippen molar-refractivity contribution in [1.82, 2.24) is 35.5 Å². The summed E-state index contributed by atoms with van der Waals surface area (Å²) in [6, 6.07) is 30.6. The number of nitrogens with two attached hydrogens (primary N) is 1. The molecule has 0 spiro atoms. The van der Waals surface area contributed by atoms with Crippen molar-refractivity contribution < 1.29 is 33.6 Å². The maximum absolute atomic E-state index is 12.4. The van der Waals surface area contributed by atoms with Crippen LogP contribution in [0.15, 0.2) is 97.1 Å². The monoisotopic (exact) mass is 738 g/mol. The number of anilines is 2. The second-order valence-electron chi connectivity index (χ2n) is 13.3. The van der Waals surface area contributed by atoms with Gasteiger partial charge in [0.1, 0.15) is 0 Å². The minimum Gasteiger partial charge on any atom is -0.545 e. The SMILES string of the molecule is C.CN1CCN(c2n[nH]c3cc(C(=O)NCc4ccccc4)ccc23)CC1.CN1CCN(c2n[nH]c3cc(C(=O)[O-])ccc23)CC1.NCc1ccccc1.[Li+]. The first-order chi connectivity index (χ1) is 25.8. The Balaban J connectivity index is 0.000000203. The normalized spacial score (nSPS) is 14.5. The van der Waals surface area contributed by atoms with Crippen molar-refractivity contribution in [1.29, 1.82) is 0 Å². The zero-order valence-electron chi connectivity index (χ0n) is 31.3. The number of piperazine rings is 2. The van der Waals surface area contributed by atoms with Crippen LogP contribution < -0.4 is 44.8 Å². The van der Waals surface area contributed by atoms with Crippen LogP contribution in [0.5, 0.6) is 0 Å². The number of likely N-dealkylation sites (N-methyl/N-ethyl adjacent to an activating group) is 2. The van der Waals surface area contributed by atoms with Crippen molar-refractivity contribution in [2.24, 2.45) is 5.73 Å². The molecule has 8 rings (SSSR count). The number of aromatic amines is 2. The van der Waals surface area contributed by atoms with Gasteiger partial charge in [-0.05, 0) is 61.1 Å². The van der Waals surface area contributed by atoms with Crippen molar-refractivity contribution in [3.8, 4) is 0 Å². The quantitative estimate of drug-likeness (QED) is 0.172. The van der Waals surface area contributed by atoms with Gasteiger partial charge in [-0.15, -0.1) is 0 Å². The Morgan fingerprint density at radius 1 is 0.673 bits per heavy atom. The molecule has 0 unspecified atom stereocenters. The van der Waals surface area contributed by atoms with E-state index in [2.05, 4.69) is 59.4 Å². The average molecular weight is 739 g/mol. The van der Waals surface area contributed by atoms with Gasteiger partial charge in [0.15, 0.2) is 11.6 Å². The van der Waals surface area contributed by atoms with Crippen LogP contribution in [0.2, 0.25) is 0 Å². The molecule has 5 N–H and O–H groups in total. The summed E-state index contributed by atoms with van der Waals surface area (Å²) in [4.78, 5) is 32.4. The Kier molecular flexibility index (Phi) is 15.9. The minimum atomic E-state index is -1.17. The smallest absolute Gasteiger partial charge is 0.545 e. The molecule has 2 aromatic heterocycles. The Labute approximate surface area is 335 Å². The molecule has 284 valence electrons. The van der Waals surface area contributed by atoms with Gasteiger partial charge in [0.25, 0.3) is 5.91 Å². The van der Waals surface area contributed by atoms with Crippen molar-refractivity contribution in [3.63, 3.8) is 0 Å². The molecule has 0 atom stereocenters. The number of hydrogen-bond donors (Lipinski definition) is 4. The zero-order chi connectivity index (χ0) is 37.2. The number of H-pyrrole nitrogens is 2. The molecule has 4 heterocycles. The van der Waals surface area contributed by atoms with Crippen LogP contribution in [0.25, 0.3) is 21.8 Å². The number of carboxylic acid groups (broad SMARTS) is 1. The number of aromatic carboxylic acids is 1. The van der Waals surface area contributed by atoms with Crippen molar-refractivity contribution >= 4 is 45.3 Å². The summed E-state index contributed by atoms with van der Waals surface area (Å²) in [5.74, 6) is 0.626. The van der Waals surface area contributed by atoms with Crippen LogP contribution in [0, 0.1) is 0 Å². The Morgan fingerprint density at radius 2 is 1.11 bits per heavy atom. The van der Waals surface area contributed by atoms with Crippen LogP contribution in [0.4, 0.5) is 11.6 Å². The number of nitrogens with zero attached hydrogens (tertiary/aromatic N) is 6. The van der Waals surface area contributed by atoms with Crippen LogP contribution in [-0.2, 0) is 13.1 Å². The third-order valence-electron chi connectivity index (χ3n) is 9.56. The Hall–Kier alpha value is -5.16. The number of benzene rings is 4. The van der Waals surface area contributed by atoms with Gasteiger partial charge in [0.2, 0.25) is 0 Å². The summed E-state index contributed by atoms with van der Waals surface area (Å²) in [5.41, 5.74) is 10.1. The van der Waals surface area contributed by atoms with E-state index in [4.69, 9.17) is 5.73 Å². The topological polar surface area (TPSA) is 166 Å². The molecule has 14 heteroatoms. The molecule has 2 saturated heterocycles. The van der Waals surface area contributed by atoms with Gasteiger partial charge in [-0.25, -0.2) is 0 Å². The van der Waals surface area contributed by atoms with Gasteiger partial charge in [0.05, 0.1) is 17.0 Å². The predicted molar refractivity (Wildman–Crippen MR) is 215 cm³/mol. The number of carboxylic acids is 1. The van der Waals surface area contributed by atoms with Crippen LogP contribution >= 0.6 is 0 Å². The number of carbonyl (C=O) groups is 2. The molecule has 2 aliphatic rings. The molecule has 0 bridgehead atoms. The van der Waals surface area contributed by atoms with Gasteiger partial charge >= 0.3 is 18.9 Å². The van der Waals surface area contributed by atoms with E-state index in [0.717, 1.165) is 91.4 Å². The van der Waals surface area contributed by atoms with Gasteiger partial charge < -0.3 is 40.6 Å². The van der Waals surface area contributed by atoms with Gasteiger partial charge in [-0.2, -0.15) is 10.2 Å². The first-order valence-electron chi connectivity index (χ1n) is 17.9. The molecular formula is C41H51LiN10O3. The van der Waals surface area contributed by atoms with Crippen molar-refractivity contribution in [2.75, 3.05) is 76.3 Å². The fourth-order valence-electron chi connectivity index (χ4n) is 6.29. The summed E-state index contributed by atoms with van der Waals surface area (Å²) in [5, 5.41) is 30.6. The molecule has 6 aromatic rings. The van der Waals surface area contributed by atoms with Gasteiger partial charge in [0, 0.05) is 81.8 Å². The maximum atomic E-state index is 12.4.